The monoisotopic (exact) mass is 364 g/mol. The van der Waals surface area contributed by atoms with Crippen molar-refractivity contribution in [1.29, 1.82) is 0 Å². The molecule has 134 valence electrons. The lowest BCUT2D eigenvalue weighted by Crippen LogP contribution is -2.32. The molecule has 7 nitrogen and oxygen atoms in total. The van der Waals surface area contributed by atoms with E-state index in [1.165, 1.54) is 11.4 Å². The Kier molecular flexibility index (Phi) is 6.37. The summed E-state index contributed by atoms with van der Waals surface area (Å²) in [6.07, 6.45) is 0.213. The number of carboxylic acids is 1. The van der Waals surface area contributed by atoms with Crippen LogP contribution in [0, 0.1) is 0 Å². The third kappa shape index (κ3) is 5.20. The molecule has 0 saturated heterocycles. The number of rotatable bonds is 8. The molecule has 0 radical (unpaired) electrons. The van der Waals surface area contributed by atoms with Gasteiger partial charge in [-0.15, -0.1) is 0 Å². The van der Waals surface area contributed by atoms with E-state index < -0.39 is 22.9 Å². The van der Waals surface area contributed by atoms with E-state index in [-0.39, 0.29) is 13.0 Å². The summed E-state index contributed by atoms with van der Waals surface area (Å²) < 4.78 is 29.6. The molecule has 1 atom stereocenters. The molecule has 0 unspecified atom stereocenters. The number of ether oxygens (including phenoxy) is 1. The van der Waals surface area contributed by atoms with Crippen LogP contribution in [-0.4, -0.2) is 32.6 Å². The van der Waals surface area contributed by atoms with Crippen molar-refractivity contribution in [2.45, 2.75) is 19.0 Å². The number of thiol groups is 1. The Balaban J connectivity index is 2.15. The average Bonchev–Trinajstić information content (AvgIpc) is 2.60. The molecule has 2 rings (SSSR count). The molecule has 25 heavy (non-hydrogen) atoms. The molecular formula is C17H20N2O5S. The molecule has 0 bridgehead atoms. The van der Waals surface area contributed by atoms with E-state index in [0.29, 0.717) is 11.4 Å². The first-order valence-electron chi connectivity index (χ1n) is 7.53. The van der Waals surface area contributed by atoms with Crippen LogP contribution in [0.4, 0.5) is 5.69 Å². The van der Waals surface area contributed by atoms with E-state index in [4.69, 9.17) is 15.6 Å². The Morgan fingerprint density at radius 2 is 1.84 bits per heavy atom. The molecule has 0 spiro atoms. The number of anilines is 1. The molecule has 0 aliphatic rings. The minimum absolute atomic E-state index is 0.164. The number of hydrogen-bond acceptors (Lipinski definition) is 5. The van der Waals surface area contributed by atoms with Gasteiger partial charge in [0, 0.05) is 6.07 Å². The van der Waals surface area contributed by atoms with Gasteiger partial charge in [-0.1, -0.05) is 30.3 Å². The summed E-state index contributed by atoms with van der Waals surface area (Å²) in [5, 5.41) is 8.84. The van der Waals surface area contributed by atoms with Gasteiger partial charge in [0.1, 0.15) is 11.8 Å². The standard InChI is InChI=1S/C17H20N2O5S/c1-24-15-4-2-3-14(10-15)19(25(22)23)11-13-7-5-12(6-8-13)9-16(18)17(20)21/h2-8,10,16,25H,9,11,18H2,1H3,(H,20,21)/t16-/m0/s1. The van der Waals surface area contributed by atoms with Crippen LogP contribution in [0.2, 0.25) is 0 Å². The first kappa shape index (κ1) is 18.8. The molecule has 0 aliphatic carbocycles. The number of nitrogens with zero attached hydrogens (tertiary/aromatic N) is 1. The minimum Gasteiger partial charge on any atom is -0.497 e. The van der Waals surface area contributed by atoms with Gasteiger partial charge in [-0.05, 0) is 29.7 Å². The molecule has 0 fully saturated rings. The highest BCUT2D eigenvalue weighted by Crippen LogP contribution is 2.23. The van der Waals surface area contributed by atoms with E-state index >= 15 is 0 Å². The Labute approximate surface area is 147 Å². The van der Waals surface area contributed by atoms with Gasteiger partial charge >= 0.3 is 5.97 Å². The molecule has 0 aromatic heterocycles. The zero-order valence-corrected chi connectivity index (χ0v) is 14.6. The van der Waals surface area contributed by atoms with Crippen molar-refractivity contribution in [1.82, 2.24) is 0 Å². The van der Waals surface area contributed by atoms with Gasteiger partial charge in [-0.3, -0.25) is 9.10 Å². The molecule has 3 N–H and O–H groups in total. The van der Waals surface area contributed by atoms with Crippen LogP contribution in [0.15, 0.2) is 48.5 Å². The summed E-state index contributed by atoms with van der Waals surface area (Å²) in [6.45, 7) is 0.164. The second-order valence-corrected chi connectivity index (χ2v) is 6.42. The molecule has 2 aromatic carbocycles. The Hall–Kier alpha value is -2.58. The van der Waals surface area contributed by atoms with Gasteiger partial charge in [0.25, 0.3) is 0 Å². The zero-order valence-electron chi connectivity index (χ0n) is 13.7. The number of nitrogens with two attached hydrogens (primary N) is 1. The van der Waals surface area contributed by atoms with E-state index in [9.17, 15) is 13.2 Å². The van der Waals surface area contributed by atoms with Crippen LogP contribution in [0.25, 0.3) is 0 Å². The van der Waals surface area contributed by atoms with E-state index in [2.05, 4.69) is 0 Å². The molecular weight excluding hydrogens is 344 g/mol. The highest BCUT2D eigenvalue weighted by atomic mass is 32.2. The first-order chi connectivity index (χ1) is 11.9. The summed E-state index contributed by atoms with van der Waals surface area (Å²) in [6, 6.07) is 12.8. The summed E-state index contributed by atoms with van der Waals surface area (Å²) in [5.41, 5.74) is 7.57. The van der Waals surface area contributed by atoms with Crippen LogP contribution in [0.3, 0.4) is 0 Å². The summed E-state index contributed by atoms with van der Waals surface area (Å²) >= 11 is 0. The van der Waals surface area contributed by atoms with Crippen LogP contribution >= 0.6 is 0 Å². The van der Waals surface area contributed by atoms with E-state index in [0.717, 1.165) is 11.1 Å². The maximum absolute atomic E-state index is 11.6. The first-order valence-corrected chi connectivity index (χ1v) is 8.66. The van der Waals surface area contributed by atoms with Crippen molar-refractivity contribution in [3.63, 3.8) is 0 Å². The molecule has 2 aromatic rings. The lowest BCUT2D eigenvalue weighted by Gasteiger charge is -2.18. The van der Waals surface area contributed by atoms with Crippen LogP contribution in [0.1, 0.15) is 11.1 Å². The van der Waals surface area contributed by atoms with Crippen molar-refractivity contribution < 1.29 is 23.1 Å². The fourth-order valence-corrected chi connectivity index (χ4v) is 2.90. The summed E-state index contributed by atoms with van der Waals surface area (Å²) in [7, 11) is -1.32. The van der Waals surface area contributed by atoms with Gasteiger partial charge in [0.2, 0.25) is 10.9 Å². The SMILES string of the molecule is COc1cccc(N(Cc2ccc(C[C@H](N)C(=O)O)cc2)[SH](=O)=O)c1. The minimum atomic E-state index is -2.83. The normalized spacial score (nSPS) is 12.0. The number of aliphatic carboxylic acids is 1. The topological polar surface area (TPSA) is 110 Å². The second kappa shape index (κ2) is 8.50. The lowest BCUT2D eigenvalue weighted by molar-refractivity contribution is -0.138. The van der Waals surface area contributed by atoms with E-state index in [1.807, 2.05) is 0 Å². The van der Waals surface area contributed by atoms with Crippen molar-refractivity contribution in [3.05, 3.63) is 59.7 Å². The highest BCUT2D eigenvalue weighted by molar-refractivity contribution is 7.74. The molecule has 0 aliphatic heterocycles. The third-order valence-electron chi connectivity index (χ3n) is 3.68. The summed E-state index contributed by atoms with van der Waals surface area (Å²) in [4.78, 5) is 10.8. The molecule has 8 heteroatoms. The molecule has 0 saturated carbocycles. The predicted molar refractivity (Wildman–Crippen MR) is 95.2 cm³/mol. The van der Waals surface area contributed by atoms with Gasteiger partial charge in [0.15, 0.2) is 0 Å². The smallest absolute Gasteiger partial charge is 0.320 e. The number of benzene rings is 2. The number of hydrogen-bond donors (Lipinski definition) is 3. The van der Waals surface area contributed by atoms with Crippen molar-refractivity contribution in [3.8, 4) is 5.75 Å². The summed E-state index contributed by atoms with van der Waals surface area (Å²) in [5.74, 6) is -0.492. The third-order valence-corrected chi connectivity index (χ3v) is 4.44. The van der Waals surface area contributed by atoms with Crippen LogP contribution < -0.4 is 14.8 Å². The van der Waals surface area contributed by atoms with Gasteiger partial charge < -0.3 is 15.6 Å². The molecule has 0 heterocycles. The second-order valence-electron chi connectivity index (χ2n) is 5.46. The fourth-order valence-electron chi connectivity index (χ4n) is 2.31. The van der Waals surface area contributed by atoms with Gasteiger partial charge in [0.05, 0.1) is 19.3 Å². The Bertz CT molecular complexity index is 797. The number of carbonyl (C=O) groups is 1. The maximum atomic E-state index is 11.6. The quantitative estimate of drug-likeness (QED) is 0.607. The maximum Gasteiger partial charge on any atom is 0.320 e. The average molecular weight is 364 g/mol. The lowest BCUT2D eigenvalue weighted by atomic mass is 10.0. The van der Waals surface area contributed by atoms with E-state index in [1.54, 1.807) is 48.5 Å². The van der Waals surface area contributed by atoms with Crippen LogP contribution in [-0.2, 0) is 28.7 Å². The van der Waals surface area contributed by atoms with Crippen LogP contribution in [0.5, 0.6) is 5.75 Å². The molecule has 0 amide bonds. The Morgan fingerprint density at radius 3 is 2.40 bits per heavy atom. The van der Waals surface area contributed by atoms with Crippen molar-refractivity contribution in [2.75, 3.05) is 11.4 Å². The number of methoxy groups -OCH3 is 1. The van der Waals surface area contributed by atoms with Crippen molar-refractivity contribution >= 4 is 22.5 Å². The fraction of sp³-hybridized carbons (Fsp3) is 0.235. The predicted octanol–water partition coefficient (Wildman–Crippen LogP) is 1.18. The van der Waals surface area contributed by atoms with Gasteiger partial charge in [-0.25, -0.2) is 8.42 Å². The van der Waals surface area contributed by atoms with Crippen molar-refractivity contribution in [2.24, 2.45) is 5.73 Å². The zero-order chi connectivity index (χ0) is 18.4. The Morgan fingerprint density at radius 1 is 1.20 bits per heavy atom. The number of carboxylic acid groups (broad SMARTS) is 1. The highest BCUT2D eigenvalue weighted by Gasteiger charge is 2.13. The largest absolute Gasteiger partial charge is 0.497 e. The van der Waals surface area contributed by atoms with Gasteiger partial charge in [-0.2, -0.15) is 0 Å².